The van der Waals surface area contributed by atoms with E-state index in [0.29, 0.717) is 27.3 Å². The Bertz CT molecular complexity index is 540. The van der Waals surface area contributed by atoms with Crippen LogP contribution < -0.4 is 14.2 Å². The summed E-state index contributed by atoms with van der Waals surface area (Å²) < 4.78 is 16.7. The maximum absolute atomic E-state index is 13.1. The van der Waals surface area contributed by atoms with Gasteiger partial charge in [-0.2, -0.15) is 0 Å². The lowest BCUT2D eigenvalue weighted by Crippen LogP contribution is -2.33. The zero-order chi connectivity index (χ0) is 18.1. The fourth-order valence-corrected chi connectivity index (χ4v) is 3.09. The van der Waals surface area contributed by atoms with Crippen molar-refractivity contribution in [2.75, 3.05) is 34.4 Å². The summed E-state index contributed by atoms with van der Waals surface area (Å²) in [5.41, 5.74) is 0.525. The Morgan fingerprint density at radius 3 is 1.96 bits per heavy atom. The fourth-order valence-electron chi connectivity index (χ4n) is 2.46. The molecule has 0 bridgehead atoms. The number of carbonyl (C=O) groups excluding carboxylic acids is 1. The molecule has 1 aromatic carbocycles. The molecule has 0 fully saturated rings. The minimum absolute atomic E-state index is 0.0250. The molecule has 0 saturated heterocycles. The van der Waals surface area contributed by atoms with Gasteiger partial charge < -0.3 is 19.1 Å². The number of halogens is 1. The highest BCUT2D eigenvalue weighted by molar-refractivity contribution is 9.10. The highest BCUT2D eigenvalue weighted by atomic mass is 79.9. The molecule has 0 atom stereocenters. The third kappa shape index (κ3) is 4.79. The molecule has 0 aromatic heterocycles. The third-order valence-corrected chi connectivity index (χ3v) is 4.64. The first-order valence-electron chi connectivity index (χ1n) is 8.33. The normalized spacial score (nSPS) is 10.4. The third-order valence-electron chi connectivity index (χ3n) is 3.85. The Morgan fingerprint density at radius 2 is 1.54 bits per heavy atom. The molecule has 1 aromatic rings. The number of nitrogens with zero attached hydrogens (tertiary/aromatic N) is 1. The Hall–Kier alpha value is -1.43. The van der Waals surface area contributed by atoms with Gasteiger partial charge in [-0.1, -0.05) is 26.7 Å². The second kappa shape index (κ2) is 10.4. The number of carbonyl (C=O) groups is 1. The summed E-state index contributed by atoms with van der Waals surface area (Å²) >= 11 is 3.49. The Kier molecular flexibility index (Phi) is 8.97. The van der Waals surface area contributed by atoms with Gasteiger partial charge in [-0.25, -0.2) is 0 Å². The summed E-state index contributed by atoms with van der Waals surface area (Å²) in [6, 6.07) is 1.71. The number of hydrogen-bond acceptors (Lipinski definition) is 4. The first kappa shape index (κ1) is 20.6. The lowest BCUT2D eigenvalue weighted by atomic mass is 10.1. The molecule has 5 nitrogen and oxygen atoms in total. The molecule has 0 aliphatic carbocycles. The van der Waals surface area contributed by atoms with Gasteiger partial charge in [0.15, 0.2) is 11.5 Å². The van der Waals surface area contributed by atoms with Crippen LogP contribution in [0.25, 0.3) is 0 Å². The predicted octanol–water partition coefficient (Wildman–Crippen LogP) is 4.52. The molecule has 0 N–H and O–H groups in total. The summed E-state index contributed by atoms with van der Waals surface area (Å²) in [6.45, 7) is 5.74. The molecule has 0 unspecified atom stereocenters. The highest BCUT2D eigenvalue weighted by Crippen LogP contribution is 2.45. The Labute approximate surface area is 153 Å². The Morgan fingerprint density at radius 1 is 1.00 bits per heavy atom. The van der Waals surface area contributed by atoms with E-state index in [9.17, 15) is 4.79 Å². The summed E-state index contributed by atoms with van der Waals surface area (Å²) in [6.07, 6.45) is 4.06. The van der Waals surface area contributed by atoms with Crippen molar-refractivity contribution < 1.29 is 19.0 Å². The second-order valence-corrected chi connectivity index (χ2v) is 6.30. The zero-order valence-electron chi connectivity index (χ0n) is 15.3. The van der Waals surface area contributed by atoms with E-state index in [1.807, 2.05) is 4.90 Å². The van der Waals surface area contributed by atoms with Crippen molar-refractivity contribution in [3.63, 3.8) is 0 Å². The SMILES string of the molecule is CCCCN(CCCC)C(=O)c1cc(OC)c(OC)c(OC)c1Br. The molecule has 0 spiro atoms. The molecule has 1 amide bonds. The molecule has 1 rings (SSSR count). The van der Waals surface area contributed by atoms with Crippen molar-refractivity contribution in [2.24, 2.45) is 0 Å². The number of rotatable bonds is 10. The summed E-state index contributed by atoms with van der Waals surface area (Å²) in [7, 11) is 4.64. The number of benzene rings is 1. The van der Waals surface area contributed by atoms with Gasteiger partial charge >= 0.3 is 0 Å². The fraction of sp³-hybridized carbons (Fsp3) is 0.611. The van der Waals surface area contributed by atoms with Crippen LogP contribution in [-0.4, -0.2) is 45.2 Å². The van der Waals surface area contributed by atoms with Crippen LogP contribution in [0.2, 0.25) is 0 Å². The minimum Gasteiger partial charge on any atom is -0.493 e. The molecule has 0 radical (unpaired) electrons. The van der Waals surface area contributed by atoms with Crippen LogP contribution in [-0.2, 0) is 0 Å². The molecular weight excluding hydrogens is 374 g/mol. The van der Waals surface area contributed by atoms with Crippen molar-refractivity contribution in [2.45, 2.75) is 39.5 Å². The van der Waals surface area contributed by atoms with E-state index in [0.717, 1.165) is 38.8 Å². The molecule has 24 heavy (non-hydrogen) atoms. The Balaban J connectivity index is 3.28. The molecule has 136 valence electrons. The molecule has 0 aliphatic heterocycles. The number of methoxy groups -OCH3 is 3. The maximum Gasteiger partial charge on any atom is 0.255 e. The van der Waals surface area contributed by atoms with E-state index in [-0.39, 0.29) is 5.91 Å². The zero-order valence-corrected chi connectivity index (χ0v) is 16.9. The second-order valence-electron chi connectivity index (χ2n) is 5.51. The van der Waals surface area contributed by atoms with Gasteiger partial charge in [-0.15, -0.1) is 0 Å². The summed E-state index contributed by atoms with van der Waals surface area (Å²) in [5.74, 6) is 1.39. The van der Waals surface area contributed by atoms with Crippen LogP contribution in [0.1, 0.15) is 49.9 Å². The van der Waals surface area contributed by atoms with Crippen LogP contribution in [0.5, 0.6) is 17.2 Å². The van der Waals surface area contributed by atoms with E-state index in [2.05, 4.69) is 29.8 Å². The van der Waals surface area contributed by atoms with Crippen LogP contribution in [0.4, 0.5) is 0 Å². The topological polar surface area (TPSA) is 48.0 Å². The first-order valence-corrected chi connectivity index (χ1v) is 9.12. The molecule has 0 saturated carbocycles. The number of amides is 1. The predicted molar refractivity (Wildman–Crippen MR) is 99.5 cm³/mol. The average Bonchev–Trinajstić information content (AvgIpc) is 2.60. The van der Waals surface area contributed by atoms with Gasteiger partial charge in [0.05, 0.1) is 31.4 Å². The standard InChI is InChI=1S/C18H28BrNO4/c1-6-8-10-20(11-9-7-2)18(21)13-12-14(22-3)16(23-4)17(24-5)15(13)19/h12H,6-11H2,1-5H3. The van der Waals surface area contributed by atoms with Gasteiger partial charge in [0.25, 0.3) is 5.91 Å². The molecule has 0 heterocycles. The van der Waals surface area contributed by atoms with Crippen LogP contribution >= 0.6 is 15.9 Å². The smallest absolute Gasteiger partial charge is 0.255 e. The van der Waals surface area contributed by atoms with Crippen molar-refractivity contribution >= 4 is 21.8 Å². The van der Waals surface area contributed by atoms with Crippen molar-refractivity contribution in [1.29, 1.82) is 0 Å². The minimum atomic E-state index is -0.0250. The summed E-state index contributed by atoms with van der Waals surface area (Å²) in [5, 5.41) is 0. The lowest BCUT2D eigenvalue weighted by molar-refractivity contribution is 0.0749. The molecule has 0 aliphatic rings. The first-order chi connectivity index (χ1) is 11.5. The molecular formula is C18H28BrNO4. The van der Waals surface area contributed by atoms with E-state index < -0.39 is 0 Å². The van der Waals surface area contributed by atoms with E-state index in [1.54, 1.807) is 27.4 Å². The number of hydrogen-bond donors (Lipinski definition) is 0. The van der Waals surface area contributed by atoms with Crippen LogP contribution in [0, 0.1) is 0 Å². The average molecular weight is 402 g/mol. The van der Waals surface area contributed by atoms with E-state index in [1.165, 1.54) is 0 Å². The monoisotopic (exact) mass is 401 g/mol. The van der Waals surface area contributed by atoms with Crippen molar-refractivity contribution in [3.05, 3.63) is 16.1 Å². The largest absolute Gasteiger partial charge is 0.493 e. The van der Waals surface area contributed by atoms with Gasteiger partial charge in [0, 0.05) is 13.1 Å². The number of unbranched alkanes of at least 4 members (excludes halogenated alkanes) is 2. The van der Waals surface area contributed by atoms with Gasteiger partial charge in [-0.3, -0.25) is 4.79 Å². The highest BCUT2D eigenvalue weighted by Gasteiger charge is 2.25. The summed E-state index contributed by atoms with van der Waals surface area (Å²) in [4.78, 5) is 15.0. The molecule has 6 heteroatoms. The van der Waals surface area contributed by atoms with E-state index >= 15 is 0 Å². The van der Waals surface area contributed by atoms with Crippen LogP contribution in [0.15, 0.2) is 10.5 Å². The van der Waals surface area contributed by atoms with Gasteiger partial charge in [0.1, 0.15) is 0 Å². The van der Waals surface area contributed by atoms with Crippen molar-refractivity contribution in [1.82, 2.24) is 4.90 Å². The van der Waals surface area contributed by atoms with Gasteiger partial charge in [-0.05, 0) is 34.8 Å². The van der Waals surface area contributed by atoms with Crippen molar-refractivity contribution in [3.8, 4) is 17.2 Å². The quantitative estimate of drug-likeness (QED) is 0.578. The lowest BCUT2D eigenvalue weighted by Gasteiger charge is -2.24. The van der Waals surface area contributed by atoms with E-state index in [4.69, 9.17) is 14.2 Å². The number of ether oxygens (including phenoxy) is 3. The van der Waals surface area contributed by atoms with Crippen LogP contribution in [0.3, 0.4) is 0 Å². The maximum atomic E-state index is 13.1. The van der Waals surface area contributed by atoms with Gasteiger partial charge in [0.2, 0.25) is 5.75 Å².